The summed E-state index contributed by atoms with van der Waals surface area (Å²) in [4.78, 5) is 12.8. The highest BCUT2D eigenvalue weighted by Gasteiger charge is 2.27. The summed E-state index contributed by atoms with van der Waals surface area (Å²) < 4.78 is 32.3. The molecule has 28 heavy (non-hydrogen) atoms. The first-order chi connectivity index (χ1) is 13.3. The quantitative estimate of drug-likeness (QED) is 0.798. The van der Waals surface area contributed by atoms with Gasteiger partial charge in [0, 0.05) is 30.4 Å². The lowest BCUT2D eigenvalue weighted by atomic mass is 10.1. The Morgan fingerprint density at radius 2 is 1.82 bits per heavy atom. The number of nitrogens with zero attached hydrogens (tertiary/aromatic N) is 1. The van der Waals surface area contributed by atoms with Gasteiger partial charge in [0.15, 0.2) is 11.5 Å². The van der Waals surface area contributed by atoms with Crippen molar-refractivity contribution in [2.24, 2.45) is 0 Å². The van der Waals surface area contributed by atoms with Crippen LogP contribution in [0.3, 0.4) is 0 Å². The number of anilines is 1. The summed E-state index contributed by atoms with van der Waals surface area (Å²) >= 11 is 0. The molecule has 2 aromatic rings. The van der Waals surface area contributed by atoms with E-state index < -0.39 is 15.9 Å². The van der Waals surface area contributed by atoms with Crippen LogP contribution in [0.25, 0.3) is 0 Å². The summed E-state index contributed by atoms with van der Waals surface area (Å²) in [7, 11) is -2.19. The molecule has 0 unspecified atom stereocenters. The molecule has 1 saturated heterocycles. The Labute approximate surface area is 165 Å². The molecule has 0 bridgehead atoms. The van der Waals surface area contributed by atoms with Crippen molar-refractivity contribution in [3.8, 4) is 11.5 Å². The smallest absolute Gasteiger partial charge is 0.255 e. The summed E-state index contributed by atoms with van der Waals surface area (Å²) in [5.74, 6) is -0.250. The van der Waals surface area contributed by atoms with Crippen LogP contribution in [-0.2, 0) is 10.0 Å². The maximum atomic E-state index is 12.9. The van der Waals surface area contributed by atoms with E-state index in [-0.39, 0.29) is 16.2 Å². The fourth-order valence-corrected chi connectivity index (χ4v) is 4.77. The molecule has 0 atom stereocenters. The highest BCUT2D eigenvalue weighted by Crippen LogP contribution is 2.29. The van der Waals surface area contributed by atoms with Crippen molar-refractivity contribution in [2.75, 3.05) is 25.5 Å². The fraction of sp³-hybridized carbons (Fsp3) is 0.350. The molecule has 8 heteroatoms. The molecule has 1 amide bonds. The zero-order chi connectivity index (χ0) is 20.3. The third-order valence-electron chi connectivity index (χ3n) is 4.84. The van der Waals surface area contributed by atoms with E-state index >= 15 is 0 Å². The normalized spacial score (nSPS) is 15.2. The van der Waals surface area contributed by atoms with E-state index in [1.807, 2.05) is 0 Å². The predicted molar refractivity (Wildman–Crippen MR) is 106 cm³/mol. The minimum Gasteiger partial charge on any atom is -0.504 e. The Morgan fingerprint density at radius 1 is 1.11 bits per heavy atom. The highest BCUT2D eigenvalue weighted by molar-refractivity contribution is 7.89. The summed E-state index contributed by atoms with van der Waals surface area (Å²) in [6.45, 7) is 2.75. The van der Waals surface area contributed by atoms with Crippen LogP contribution in [0.15, 0.2) is 41.3 Å². The number of carbonyl (C=O) groups excluding carboxylic acids is 1. The maximum absolute atomic E-state index is 12.9. The van der Waals surface area contributed by atoms with E-state index in [1.54, 1.807) is 19.1 Å². The number of aromatic hydroxyl groups is 1. The number of aryl methyl sites for hydroxylation is 1. The van der Waals surface area contributed by atoms with Gasteiger partial charge in [-0.3, -0.25) is 4.79 Å². The molecule has 1 aliphatic heterocycles. The lowest BCUT2D eigenvalue weighted by molar-refractivity contribution is 0.102. The van der Waals surface area contributed by atoms with Gasteiger partial charge in [-0.25, -0.2) is 8.42 Å². The molecular formula is C20H24N2O5S. The van der Waals surface area contributed by atoms with Crippen molar-refractivity contribution in [1.82, 2.24) is 4.31 Å². The van der Waals surface area contributed by atoms with Crippen molar-refractivity contribution < 1.29 is 23.1 Å². The van der Waals surface area contributed by atoms with Crippen molar-refractivity contribution in [1.29, 1.82) is 0 Å². The summed E-state index contributed by atoms with van der Waals surface area (Å²) in [6, 6.07) is 9.10. The Hall–Kier alpha value is -2.58. The van der Waals surface area contributed by atoms with Gasteiger partial charge >= 0.3 is 0 Å². The number of amides is 1. The van der Waals surface area contributed by atoms with E-state index in [0.717, 1.165) is 19.3 Å². The van der Waals surface area contributed by atoms with E-state index in [4.69, 9.17) is 4.74 Å². The minimum atomic E-state index is -3.63. The molecule has 0 aromatic heterocycles. The average Bonchev–Trinajstić information content (AvgIpc) is 2.69. The number of carbonyl (C=O) groups is 1. The number of ether oxygens (including phenoxy) is 1. The second kappa shape index (κ2) is 8.20. The molecule has 0 radical (unpaired) electrons. The number of phenolic OH excluding ortho intramolecular Hbond substituents is 1. The molecule has 2 N–H and O–H groups in total. The molecule has 0 aliphatic carbocycles. The van der Waals surface area contributed by atoms with Crippen LogP contribution in [0, 0.1) is 6.92 Å². The molecule has 1 fully saturated rings. The minimum absolute atomic E-state index is 0.0987. The summed E-state index contributed by atoms with van der Waals surface area (Å²) in [5.41, 5.74) is 1.31. The van der Waals surface area contributed by atoms with Gasteiger partial charge in [0.05, 0.1) is 12.0 Å². The standard InChI is InChI=1S/C20H24N2O5S/c1-14-6-8-16(28(25,26)22-10-4-3-5-11-22)13-17(14)20(24)21-15-7-9-19(27-2)18(23)12-15/h6-9,12-13,23H,3-5,10-11H2,1-2H3,(H,21,24). The molecule has 0 spiro atoms. The molecule has 1 aliphatic rings. The van der Waals surface area contributed by atoms with Gasteiger partial charge in [0.25, 0.3) is 5.91 Å². The van der Waals surface area contributed by atoms with Crippen molar-refractivity contribution in [3.63, 3.8) is 0 Å². The topological polar surface area (TPSA) is 95.9 Å². The van der Waals surface area contributed by atoms with Gasteiger partial charge in [-0.15, -0.1) is 0 Å². The largest absolute Gasteiger partial charge is 0.504 e. The number of rotatable bonds is 5. The molecule has 150 valence electrons. The number of hydrogen-bond acceptors (Lipinski definition) is 5. The van der Waals surface area contributed by atoms with Crippen LogP contribution in [0.4, 0.5) is 5.69 Å². The number of hydrogen-bond donors (Lipinski definition) is 2. The maximum Gasteiger partial charge on any atom is 0.255 e. The number of methoxy groups -OCH3 is 1. The Balaban J connectivity index is 1.86. The van der Waals surface area contributed by atoms with Gasteiger partial charge in [-0.1, -0.05) is 12.5 Å². The molecule has 7 nitrogen and oxygen atoms in total. The molecule has 3 rings (SSSR count). The van der Waals surface area contributed by atoms with Gasteiger partial charge in [0.1, 0.15) is 0 Å². The Kier molecular flexibility index (Phi) is 5.90. The first-order valence-corrected chi connectivity index (χ1v) is 10.6. The summed E-state index contributed by atoms with van der Waals surface area (Å²) in [6.07, 6.45) is 2.72. The Bertz CT molecular complexity index is 982. The highest BCUT2D eigenvalue weighted by atomic mass is 32.2. The first-order valence-electron chi connectivity index (χ1n) is 9.12. The first kappa shape index (κ1) is 20.2. The van der Waals surface area contributed by atoms with E-state index in [0.29, 0.717) is 30.1 Å². The van der Waals surface area contributed by atoms with Crippen LogP contribution >= 0.6 is 0 Å². The van der Waals surface area contributed by atoms with E-state index in [1.165, 1.54) is 35.7 Å². The second-order valence-electron chi connectivity index (χ2n) is 6.78. The van der Waals surface area contributed by atoms with Crippen LogP contribution in [-0.4, -0.2) is 43.9 Å². The van der Waals surface area contributed by atoms with Crippen molar-refractivity contribution in [2.45, 2.75) is 31.1 Å². The number of sulfonamides is 1. The van der Waals surface area contributed by atoms with Crippen LogP contribution in [0.5, 0.6) is 11.5 Å². The lowest BCUT2D eigenvalue weighted by Gasteiger charge is -2.26. The van der Waals surface area contributed by atoms with Crippen molar-refractivity contribution in [3.05, 3.63) is 47.5 Å². The molecule has 0 saturated carbocycles. The average molecular weight is 404 g/mol. The van der Waals surface area contributed by atoms with Gasteiger partial charge in [0.2, 0.25) is 10.0 Å². The van der Waals surface area contributed by atoms with Crippen LogP contribution in [0.1, 0.15) is 35.2 Å². The zero-order valence-electron chi connectivity index (χ0n) is 15.9. The molecular weight excluding hydrogens is 380 g/mol. The SMILES string of the molecule is COc1ccc(NC(=O)c2cc(S(=O)(=O)N3CCCCC3)ccc2C)cc1O. The second-order valence-corrected chi connectivity index (χ2v) is 8.72. The molecule has 1 heterocycles. The van der Waals surface area contributed by atoms with Gasteiger partial charge < -0.3 is 15.2 Å². The number of benzene rings is 2. The van der Waals surface area contributed by atoms with Crippen molar-refractivity contribution >= 4 is 21.6 Å². The van der Waals surface area contributed by atoms with Crippen LogP contribution in [0.2, 0.25) is 0 Å². The monoisotopic (exact) mass is 404 g/mol. The lowest BCUT2D eigenvalue weighted by Crippen LogP contribution is -2.35. The van der Waals surface area contributed by atoms with Gasteiger partial charge in [-0.05, 0) is 49.6 Å². The van der Waals surface area contributed by atoms with E-state index in [9.17, 15) is 18.3 Å². The zero-order valence-corrected chi connectivity index (χ0v) is 16.8. The third kappa shape index (κ3) is 4.13. The Morgan fingerprint density at radius 3 is 2.46 bits per heavy atom. The van der Waals surface area contributed by atoms with E-state index in [2.05, 4.69) is 5.32 Å². The fourth-order valence-electron chi connectivity index (χ4n) is 3.23. The summed E-state index contributed by atoms with van der Waals surface area (Å²) in [5, 5.41) is 12.5. The predicted octanol–water partition coefficient (Wildman–Crippen LogP) is 3.14. The van der Waals surface area contributed by atoms with Crippen LogP contribution < -0.4 is 10.1 Å². The molecule has 2 aromatic carbocycles. The number of nitrogens with one attached hydrogen (secondary N) is 1. The third-order valence-corrected chi connectivity index (χ3v) is 6.74. The van der Waals surface area contributed by atoms with Gasteiger partial charge in [-0.2, -0.15) is 4.31 Å². The number of phenols is 1. The number of piperidine rings is 1.